The third-order valence-electron chi connectivity index (χ3n) is 4.77. The molecule has 0 spiro atoms. The molecular formula is C15H30N2. The smallest absolute Gasteiger partial charge is 0.00798 e. The molecule has 1 saturated heterocycles. The summed E-state index contributed by atoms with van der Waals surface area (Å²) in [5.41, 5.74) is 0. The second kappa shape index (κ2) is 6.75. The van der Waals surface area contributed by atoms with Gasteiger partial charge in [-0.1, -0.05) is 20.3 Å². The van der Waals surface area contributed by atoms with Crippen LogP contribution in [0.5, 0.6) is 0 Å². The van der Waals surface area contributed by atoms with Crippen LogP contribution in [0.1, 0.15) is 52.4 Å². The molecule has 17 heavy (non-hydrogen) atoms. The van der Waals surface area contributed by atoms with Gasteiger partial charge in [0, 0.05) is 6.04 Å². The number of nitrogens with zero attached hydrogens (tertiary/aromatic N) is 1. The first kappa shape index (κ1) is 13.4. The highest BCUT2D eigenvalue weighted by atomic mass is 15.1. The van der Waals surface area contributed by atoms with E-state index in [1.54, 1.807) is 0 Å². The Bertz CT molecular complexity index is 217. The van der Waals surface area contributed by atoms with E-state index in [0.29, 0.717) is 0 Å². The first-order chi connectivity index (χ1) is 8.28. The van der Waals surface area contributed by atoms with Gasteiger partial charge in [0.2, 0.25) is 0 Å². The van der Waals surface area contributed by atoms with Gasteiger partial charge >= 0.3 is 0 Å². The monoisotopic (exact) mass is 238 g/mol. The van der Waals surface area contributed by atoms with Crippen LogP contribution in [0.15, 0.2) is 0 Å². The predicted molar refractivity (Wildman–Crippen MR) is 74.3 cm³/mol. The summed E-state index contributed by atoms with van der Waals surface area (Å²) >= 11 is 0. The molecule has 0 bridgehead atoms. The minimum Gasteiger partial charge on any atom is -0.314 e. The van der Waals surface area contributed by atoms with Crippen LogP contribution in [0.25, 0.3) is 0 Å². The number of rotatable bonds is 4. The number of likely N-dealkylation sites (tertiary alicyclic amines) is 1. The second-order valence-electron chi connectivity index (χ2n) is 6.25. The molecular weight excluding hydrogens is 208 g/mol. The molecule has 2 rings (SSSR count). The van der Waals surface area contributed by atoms with E-state index in [-0.39, 0.29) is 0 Å². The summed E-state index contributed by atoms with van der Waals surface area (Å²) in [6.45, 7) is 9.82. The van der Waals surface area contributed by atoms with Crippen molar-refractivity contribution >= 4 is 0 Å². The van der Waals surface area contributed by atoms with Gasteiger partial charge in [-0.15, -0.1) is 0 Å². The Labute approximate surface area is 107 Å². The van der Waals surface area contributed by atoms with Gasteiger partial charge in [0.05, 0.1) is 0 Å². The number of nitrogens with one attached hydrogen (secondary N) is 1. The molecule has 2 nitrogen and oxygen atoms in total. The lowest BCUT2D eigenvalue weighted by molar-refractivity contribution is 0.296. The van der Waals surface area contributed by atoms with Crippen LogP contribution in [0.4, 0.5) is 0 Å². The molecule has 0 aromatic rings. The van der Waals surface area contributed by atoms with E-state index in [0.717, 1.165) is 17.9 Å². The summed E-state index contributed by atoms with van der Waals surface area (Å²) in [7, 11) is 0. The Hall–Kier alpha value is -0.0800. The van der Waals surface area contributed by atoms with Crippen molar-refractivity contribution in [3.63, 3.8) is 0 Å². The van der Waals surface area contributed by atoms with E-state index in [9.17, 15) is 0 Å². The molecule has 3 unspecified atom stereocenters. The van der Waals surface area contributed by atoms with Crippen molar-refractivity contribution in [3.8, 4) is 0 Å². The Morgan fingerprint density at radius 2 is 2.00 bits per heavy atom. The molecule has 0 amide bonds. The zero-order chi connectivity index (χ0) is 12.1. The van der Waals surface area contributed by atoms with Crippen molar-refractivity contribution in [2.45, 2.75) is 58.4 Å². The highest BCUT2D eigenvalue weighted by Crippen LogP contribution is 2.29. The highest BCUT2D eigenvalue weighted by molar-refractivity contribution is 4.79. The fourth-order valence-electron chi connectivity index (χ4n) is 3.52. The van der Waals surface area contributed by atoms with E-state index in [2.05, 4.69) is 24.1 Å². The molecule has 1 heterocycles. The van der Waals surface area contributed by atoms with Crippen molar-refractivity contribution < 1.29 is 0 Å². The van der Waals surface area contributed by atoms with Gasteiger partial charge in [-0.25, -0.2) is 0 Å². The number of hydrogen-bond acceptors (Lipinski definition) is 2. The minimum atomic E-state index is 0.794. The predicted octanol–water partition coefficient (Wildman–Crippen LogP) is 2.89. The van der Waals surface area contributed by atoms with Crippen LogP contribution >= 0.6 is 0 Å². The Morgan fingerprint density at radius 3 is 2.71 bits per heavy atom. The largest absolute Gasteiger partial charge is 0.314 e. The molecule has 1 N–H and O–H groups in total. The molecule has 0 aromatic heterocycles. The highest BCUT2D eigenvalue weighted by Gasteiger charge is 2.22. The Kier molecular flexibility index (Phi) is 5.30. The lowest BCUT2D eigenvalue weighted by atomic mass is 10.0. The maximum Gasteiger partial charge on any atom is 0.00798 e. The van der Waals surface area contributed by atoms with Gasteiger partial charge in [-0.05, 0) is 70.1 Å². The van der Waals surface area contributed by atoms with Crippen molar-refractivity contribution in [2.75, 3.05) is 26.2 Å². The fourth-order valence-corrected chi connectivity index (χ4v) is 3.52. The number of hydrogen-bond donors (Lipinski definition) is 1. The summed E-state index contributed by atoms with van der Waals surface area (Å²) in [6.07, 6.45) is 8.50. The SMILES string of the molecule is CCN1CCCC(NCC2CCC(C)C2)CC1. The fraction of sp³-hybridized carbons (Fsp3) is 1.00. The molecule has 1 aliphatic carbocycles. The summed E-state index contributed by atoms with van der Waals surface area (Å²) in [5, 5.41) is 3.84. The quantitative estimate of drug-likeness (QED) is 0.810. The third-order valence-corrected chi connectivity index (χ3v) is 4.77. The van der Waals surface area contributed by atoms with E-state index >= 15 is 0 Å². The molecule has 3 atom stereocenters. The van der Waals surface area contributed by atoms with E-state index < -0.39 is 0 Å². The van der Waals surface area contributed by atoms with Gasteiger partial charge in [-0.2, -0.15) is 0 Å². The van der Waals surface area contributed by atoms with Crippen molar-refractivity contribution in [3.05, 3.63) is 0 Å². The van der Waals surface area contributed by atoms with Crippen molar-refractivity contribution in [1.82, 2.24) is 10.2 Å². The molecule has 2 heteroatoms. The second-order valence-corrected chi connectivity index (χ2v) is 6.25. The van der Waals surface area contributed by atoms with E-state index in [1.807, 2.05) is 0 Å². The molecule has 0 radical (unpaired) electrons. The average molecular weight is 238 g/mol. The van der Waals surface area contributed by atoms with Crippen LogP contribution in [-0.4, -0.2) is 37.1 Å². The average Bonchev–Trinajstić information content (AvgIpc) is 2.63. The van der Waals surface area contributed by atoms with Crippen LogP contribution in [0.2, 0.25) is 0 Å². The summed E-state index contributed by atoms with van der Waals surface area (Å²) in [5.74, 6) is 1.95. The first-order valence-corrected chi connectivity index (χ1v) is 7.73. The molecule has 2 aliphatic rings. The summed E-state index contributed by atoms with van der Waals surface area (Å²) in [6, 6.07) is 0.794. The van der Waals surface area contributed by atoms with Crippen LogP contribution < -0.4 is 5.32 Å². The summed E-state index contributed by atoms with van der Waals surface area (Å²) in [4.78, 5) is 2.60. The van der Waals surface area contributed by atoms with Gasteiger partial charge < -0.3 is 10.2 Å². The molecule has 1 saturated carbocycles. The van der Waals surface area contributed by atoms with E-state index in [1.165, 1.54) is 64.7 Å². The standard InChI is InChI=1S/C15H30N2/c1-3-17-9-4-5-15(8-10-17)16-12-14-7-6-13(2)11-14/h13-16H,3-12H2,1-2H3. The molecule has 100 valence electrons. The maximum absolute atomic E-state index is 3.84. The van der Waals surface area contributed by atoms with Gasteiger partial charge in [0.1, 0.15) is 0 Å². The zero-order valence-electron chi connectivity index (χ0n) is 11.8. The molecule has 1 aliphatic heterocycles. The van der Waals surface area contributed by atoms with Gasteiger partial charge in [0.25, 0.3) is 0 Å². The maximum atomic E-state index is 3.84. The normalized spacial score (nSPS) is 36.0. The van der Waals surface area contributed by atoms with Gasteiger partial charge in [0.15, 0.2) is 0 Å². The molecule has 0 aromatic carbocycles. The van der Waals surface area contributed by atoms with Crippen LogP contribution in [0, 0.1) is 11.8 Å². The minimum absolute atomic E-state index is 0.794. The third kappa shape index (κ3) is 4.26. The zero-order valence-corrected chi connectivity index (χ0v) is 11.8. The van der Waals surface area contributed by atoms with Crippen molar-refractivity contribution in [1.29, 1.82) is 0 Å². The first-order valence-electron chi connectivity index (χ1n) is 7.73. The van der Waals surface area contributed by atoms with E-state index in [4.69, 9.17) is 0 Å². The Balaban J connectivity index is 1.65. The summed E-state index contributed by atoms with van der Waals surface area (Å²) < 4.78 is 0. The Morgan fingerprint density at radius 1 is 1.12 bits per heavy atom. The lowest BCUT2D eigenvalue weighted by Crippen LogP contribution is -2.34. The molecule has 2 fully saturated rings. The van der Waals surface area contributed by atoms with Crippen LogP contribution in [0.3, 0.4) is 0 Å². The topological polar surface area (TPSA) is 15.3 Å². The van der Waals surface area contributed by atoms with Crippen molar-refractivity contribution in [2.24, 2.45) is 11.8 Å². The lowest BCUT2D eigenvalue weighted by Gasteiger charge is -2.20. The van der Waals surface area contributed by atoms with Crippen LogP contribution in [-0.2, 0) is 0 Å². The van der Waals surface area contributed by atoms with Gasteiger partial charge in [-0.3, -0.25) is 0 Å².